The Hall–Kier alpha value is -2.73. The number of aromatic nitrogens is 1. The summed E-state index contributed by atoms with van der Waals surface area (Å²) >= 11 is 3.53. The van der Waals surface area contributed by atoms with E-state index in [4.69, 9.17) is 4.74 Å². The number of ether oxygens (including phenoxy) is 2. The molecule has 0 atom stereocenters. The van der Waals surface area contributed by atoms with Crippen LogP contribution in [0.5, 0.6) is 11.5 Å². The van der Waals surface area contributed by atoms with Crippen LogP contribution in [0.2, 0.25) is 0 Å². The molecule has 0 saturated carbocycles. The summed E-state index contributed by atoms with van der Waals surface area (Å²) in [6.07, 6.45) is 3.28. The van der Waals surface area contributed by atoms with Crippen molar-refractivity contribution in [2.45, 2.75) is 27.7 Å². The smallest absolute Gasteiger partial charge is 0.337 e. The van der Waals surface area contributed by atoms with Crippen molar-refractivity contribution < 1.29 is 14.3 Å². The van der Waals surface area contributed by atoms with Crippen molar-refractivity contribution in [1.82, 2.24) is 4.98 Å². The molecule has 2 aromatic carbocycles. The fourth-order valence-electron chi connectivity index (χ4n) is 2.17. The lowest BCUT2D eigenvalue weighted by Gasteiger charge is -2.08. The number of carbonyl (C=O) groups is 1. The maximum absolute atomic E-state index is 11.7. The van der Waals surface area contributed by atoms with Gasteiger partial charge in [0.05, 0.1) is 12.7 Å². The van der Waals surface area contributed by atoms with Gasteiger partial charge in [-0.2, -0.15) is 12.6 Å². The molecule has 0 aliphatic rings. The fraction of sp³-hybridized carbons (Fsp3) is 0.273. The van der Waals surface area contributed by atoms with Crippen LogP contribution in [0, 0.1) is 0 Å². The minimum atomic E-state index is -0.421. The number of methoxy groups -OCH3 is 1. The Morgan fingerprint density at radius 3 is 2.21 bits per heavy atom. The lowest BCUT2D eigenvalue weighted by molar-refractivity contribution is 0.0600. The summed E-state index contributed by atoms with van der Waals surface area (Å²) < 4.78 is 10.4. The second-order valence-electron chi connectivity index (χ2n) is 4.68. The van der Waals surface area contributed by atoms with Gasteiger partial charge in [-0.3, -0.25) is 4.79 Å². The second-order valence-corrected chi connectivity index (χ2v) is 4.68. The minimum absolute atomic E-state index is 0.142. The predicted molar refractivity (Wildman–Crippen MR) is 120 cm³/mol. The molecule has 0 aliphatic carbocycles. The van der Waals surface area contributed by atoms with Crippen molar-refractivity contribution in [2.75, 3.05) is 13.4 Å². The van der Waals surface area contributed by atoms with Gasteiger partial charge in [0.1, 0.15) is 11.5 Å². The first-order valence-electron chi connectivity index (χ1n) is 9.10. The first kappa shape index (κ1) is 25.3. The van der Waals surface area contributed by atoms with Gasteiger partial charge in [-0.25, -0.2) is 4.79 Å². The zero-order valence-electron chi connectivity index (χ0n) is 17.3. The monoisotopic (exact) mass is 403 g/mol. The summed E-state index contributed by atoms with van der Waals surface area (Å²) in [5, 5.41) is 1.38. The van der Waals surface area contributed by atoms with E-state index in [0.29, 0.717) is 22.4 Å². The van der Waals surface area contributed by atoms with Crippen LogP contribution in [0.3, 0.4) is 0 Å². The highest BCUT2D eigenvalue weighted by atomic mass is 32.1. The zero-order valence-corrected chi connectivity index (χ0v) is 18.2. The molecule has 0 radical (unpaired) electrons. The first-order chi connectivity index (χ1) is 13.7. The van der Waals surface area contributed by atoms with Crippen LogP contribution in [-0.4, -0.2) is 24.3 Å². The predicted octanol–water partition coefficient (Wildman–Crippen LogP) is 5.71. The summed E-state index contributed by atoms with van der Waals surface area (Å²) in [7, 11) is 1.33. The number of H-pyrrole nitrogens is 1. The van der Waals surface area contributed by atoms with Gasteiger partial charge in [-0.05, 0) is 54.1 Å². The van der Waals surface area contributed by atoms with Crippen molar-refractivity contribution in [2.24, 2.45) is 0 Å². The number of benzene rings is 2. The molecule has 0 amide bonds. The Bertz CT molecular complexity index is 906. The molecule has 6 heteroatoms. The van der Waals surface area contributed by atoms with E-state index >= 15 is 0 Å². The minimum Gasteiger partial charge on any atom is -0.465 e. The van der Waals surface area contributed by atoms with Gasteiger partial charge in [0.25, 0.3) is 5.56 Å². The van der Waals surface area contributed by atoms with Crippen molar-refractivity contribution in [3.8, 4) is 11.5 Å². The first-order valence-corrected chi connectivity index (χ1v) is 9.99. The van der Waals surface area contributed by atoms with Gasteiger partial charge in [0.2, 0.25) is 0 Å². The third kappa shape index (κ3) is 7.12. The maximum atomic E-state index is 11.7. The van der Waals surface area contributed by atoms with E-state index in [1.165, 1.54) is 7.11 Å². The average molecular weight is 404 g/mol. The van der Waals surface area contributed by atoms with Crippen LogP contribution >= 0.6 is 12.6 Å². The molecular weight excluding hydrogens is 374 g/mol. The number of thiol groups is 1. The Kier molecular flexibility index (Phi) is 12.9. The quantitative estimate of drug-likeness (QED) is 0.434. The third-order valence-corrected chi connectivity index (χ3v) is 3.24. The molecule has 1 heterocycles. The highest BCUT2D eigenvalue weighted by molar-refractivity contribution is 7.79. The Morgan fingerprint density at radius 2 is 1.57 bits per heavy atom. The number of nitrogens with one attached hydrogen (secondary N) is 1. The number of hydrogen-bond donors (Lipinski definition) is 2. The van der Waals surface area contributed by atoms with Crippen molar-refractivity contribution in [3.63, 3.8) is 0 Å². The SMILES string of the molecule is CC.CC.COC(=O)c1cccc(Oc2ccc3c(=O)[nH]ccc3c2)c1.CS. The molecule has 0 aliphatic heterocycles. The number of aromatic amines is 1. The molecule has 3 rings (SSSR count). The maximum Gasteiger partial charge on any atom is 0.337 e. The molecule has 0 fully saturated rings. The van der Waals surface area contributed by atoms with Crippen LogP contribution in [0.15, 0.2) is 59.5 Å². The third-order valence-electron chi connectivity index (χ3n) is 3.24. The normalized spacial score (nSPS) is 8.82. The highest BCUT2D eigenvalue weighted by Crippen LogP contribution is 2.25. The Balaban J connectivity index is 0.00000111. The van der Waals surface area contributed by atoms with Gasteiger partial charge in [-0.1, -0.05) is 33.8 Å². The van der Waals surface area contributed by atoms with Crippen LogP contribution in [0.4, 0.5) is 0 Å². The summed E-state index contributed by atoms with van der Waals surface area (Å²) in [5.41, 5.74) is 0.272. The van der Waals surface area contributed by atoms with Gasteiger partial charge in [0.15, 0.2) is 0 Å². The summed E-state index contributed by atoms with van der Waals surface area (Å²) in [4.78, 5) is 25.8. The number of pyridine rings is 1. The summed E-state index contributed by atoms with van der Waals surface area (Å²) in [5.74, 6) is 0.683. The van der Waals surface area contributed by atoms with E-state index in [9.17, 15) is 9.59 Å². The van der Waals surface area contributed by atoms with Crippen LogP contribution in [-0.2, 0) is 4.74 Å². The van der Waals surface area contributed by atoms with Crippen LogP contribution in [0.1, 0.15) is 38.1 Å². The van der Waals surface area contributed by atoms with Crippen LogP contribution in [0.25, 0.3) is 10.8 Å². The van der Waals surface area contributed by atoms with E-state index in [2.05, 4.69) is 22.3 Å². The topological polar surface area (TPSA) is 68.4 Å². The van der Waals surface area contributed by atoms with E-state index in [0.717, 1.165) is 5.39 Å². The van der Waals surface area contributed by atoms with E-state index in [1.54, 1.807) is 61.0 Å². The molecule has 0 spiro atoms. The van der Waals surface area contributed by atoms with Crippen molar-refractivity contribution in [3.05, 3.63) is 70.6 Å². The molecule has 5 nitrogen and oxygen atoms in total. The fourth-order valence-corrected chi connectivity index (χ4v) is 2.17. The lowest BCUT2D eigenvalue weighted by atomic mass is 10.1. The largest absolute Gasteiger partial charge is 0.465 e. The molecule has 152 valence electrons. The van der Waals surface area contributed by atoms with Gasteiger partial charge in [-0.15, -0.1) is 0 Å². The van der Waals surface area contributed by atoms with E-state index < -0.39 is 5.97 Å². The summed E-state index contributed by atoms with van der Waals surface area (Å²) in [6, 6.07) is 13.7. The van der Waals surface area contributed by atoms with Gasteiger partial charge >= 0.3 is 5.97 Å². The average Bonchev–Trinajstić information content (AvgIpc) is 2.77. The zero-order chi connectivity index (χ0) is 21.5. The Labute approximate surface area is 172 Å². The molecule has 1 aromatic heterocycles. The molecule has 28 heavy (non-hydrogen) atoms. The molecule has 0 unspecified atom stereocenters. The Morgan fingerprint density at radius 1 is 0.929 bits per heavy atom. The molecule has 1 N–H and O–H groups in total. The number of fused-ring (bicyclic) bond motifs is 1. The van der Waals surface area contributed by atoms with E-state index in [-0.39, 0.29) is 5.56 Å². The molecule has 0 bridgehead atoms. The number of esters is 1. The number of carbonyl (C=O) groups excluding carboxylic acids is 1. The van der Waals surface area contributed by atoms with E-state index in [1.807, 2.05) is 27.7 Å². The summed E-state index contributed by atoms with van der Waals surface area (Å²) in [6.45, 7) is 8.00. The number of hydrogen-bond acceptors (Lipinski definition) is 5. The lowest BCUT2D eigenvalue weighted by Crippen LogP contribution is -2.04. The standard InChI is InChI=1S/C17H13NO4.2C2H6.CH4S/c1-21-17(20)12-3-2-4-13(10-12)22-14-5-6-15-11(9-14)7-8-18-16(15)19;3*1-2/h2-10H,1H3,(H,18,19);2*1-2H3;2H,1H3. The highest BCUT2D eigenvalue weighted by Gasteiger charge is 2.07. The second kappa shape index (κ2) is 14.3. The van der Waals surface area contributed by atoms with Gasteiger partial charge < -0.3 is 14.5 Å². The van der Waals surface area contributed by atoms with Crippen LogP contribution < -0.4 is 10.3 Å². The number of rotatable bonds is 3. The molecule has 3 aromatic rings. The molecule has 0 saturated heterocycles. The van der Waals surface area contributed by atoms with Crippen molar-refractivity contribution >= 4 is 29.4 Å². The van der Waals surface area contributed by atoms with Crippen molar-refractivity contribution in [1.29, 1.82) is 0 Å². The van der Waals surface area contributed by atoms with Gasteiger partial charge in [0, 0.05) is 11.6 Å². The molecular formula is C22H29NO4S.